The molecule has 45 heavy (non-hydrogen) atoms. The largest absolute Gasteiger partial charge is 0.504 e. The van der Waals surface area contributed by atoms with Gasteiger partial charge in [0.15, 0.2) is 39.9 Å². The van der Waals surface area contributed by atoms with Crippen LogP contribution in [0.1, 0.15) is 5.56 Å². The van der Waals surface area contributed by atoms with E-state index < -0.39 is 88.6 Å². The maximum absolute atomic E-state index is 12.8. The second kappa shape index (κ2) is 12.3. The summed E-state index contributed by atoms with van der Waals surface area (Å²) in [4.78, 5) is 25.0. The topological polar surface area (TPSA) is 257 Å². The minimum Gasteiger partial charge on any atom is -0.504 e. The number of hydrogen-bond donors (Lipinski definition) is 9. The number of benzene rings is 3. The van der Waals surface area contributed by atoms with E-state index in [1.807, 2.05) is 0 Å². The van der Waals surface area contributed by atoms with Crippen LogP contribution in [-0.2, 0) is 14.3 Å². The van der Waals surface area contributed by atoms with E-state index in [9.17, 15) is 55.5 Å². The Morgan fingerprint density at radius 1 is 0.800 bits per heavy atom. The number of aliphatic hydroxyl groups is 3. The lowest BCUT2D eigenvalue weighted by molar-refractivity contribution is -0.278. The number of aromatic hydroxyl groups is 6. The fourth-order valence-corrected chi connectivity index (χ4v) is 4.48. The van der Waals surface area contributed by atoms with Gasteiger partial charge in [0, 0.05) is 23.8 Å². The van der Waals surface area contributed by atoms with Crippen molar-refractivity contribution < 1.29 is 69.4 Å². The number of esters is 1. The predicted octanol–water partition coefficient (Wildman–Crippen LogP) is 1.14. The summed E-state index contributed by atoms with van der Waals surface area (Å²) in [5.41, 5.74) is -0.564. The molecule has 236 valence electrons. The first-order valence-electron chi connectivity index (χ1n) is 13.1. The Morgan fingerprint density at radius 3 is 2.18 bits per heavy atom. The number of phenols is 6. The van der Waals surface area contributed by atoms with Gasteiger partial charge in [-0.1, -0.05) is 6.07 Å². The van der Waals surface area contributed by atoms with E-state index in [0.717, 1.165) is 30.3 Å². The lowest BCUT2D eigenvalue weighted by atomic mass is 9.99. The van der Waals surface area contributed by atoms with Gasteiger partial charge in [-0.15, -0.1) is 0 Å². The van der Waals surface area contributed by atoms with Crippen molar-refractivity contribution in [2.75, 3.05) is 6.61 Å². The van der Waals surface area contributed by atoms with Gasteiger partial charge in [-0.25, -0.2) is 4.79 Å². The molecule has 3 aromatic carbocycles. The van der Waals surface area contributed by atoms with Crippen LogP contribution in [-0.4, -0.2) is 89.2 Å². The van der Waals surface area contributed by atoms with Gasteiger partial charge < -0.3 is 64.6 Å². The molecule has 0 amide bonds. The lowest BCUT2D eigenvalue weighted by Gasteiger charge is -2.39. The summed E-state index contributed by atoms with van der Waals surface area (Å²) < 4.78 is 21.7. The van der Waals surface area contributed by atoms with Crippen LogP contribution < -0.4 is 10.2 Å². The molecule has 0 spiro atoms. The van der Waals surface area contributed by atoms with Crippen LogP contribution in [0.5, 0.6) is 40.2 Å². The van der Waals surface area contributed by atoms with E-state index in [0.29, 0.717) is 5.56 Å². The van der Waals surface area contributed by atoms with Crippen LogP contribution in [0.2, 0.25) is 0 Å². The van der Waals surface area contributed by atoms with Crippen molar-refractivity contribution in [3.63, 3.8) is 0 Å². The Bertz CT molecular complexity index is 1850. The Morgan fingerprint density at radius 2 is 1.49 bits per heavy atom. The molecule has 0 aliphatic carbocycles. The van der Waals surface area contributed by atoms with Gasteiger partial charge in [0.1, 0.15) is 47.8 Å². The number of aliphatic hydroxyl groups excluding tert-OH is 3. The van der Waals surface area contributed by atoms with Gasteiger partial charge in [0.25, 0.3) is 0 Å². The van der Waals surface area contributed by atoms with E-state index in [-0.39, 0.29) is 22.7 Å². The van der Waals surface area contributed by atoms with Crippen molar-refractivity contribution in [2.45, 2.75) is 30.7 Å². The molecule has 15 heteroatoms. The van der Waals surface area contributed by atoms with E-state index in [1.54, 1.807) is 0 Å². The van der Waals surface area contributed by atoms with Crippen LogP contribution in [0.25, 0.3) is 28.4 Å². The number of carbonyl (C=O) groups is 1. The third-order valence-electron chi connectivity index (χ3n) is 6.90. The summed E-state index contributed by atoms with van der Waals surface area (Å²) in [6.07, 6.45) is -6.56. The zero-order valence-corrected chi connectivity index (χ0v) is 22.8. The maximum atomic E-state index is 12.8. The summed E-state index contributed by atoms with van der Waals surface area (Å²) in [6.45, 7) is -0.637. The highest BCUT2D eigenvalue weighted by atomic mass is 16.7. The predicted molar refractivity (Wildman–Crippen MR) is 152 cm³/mol. The second-order valence-electron chi connectivity index (χ2n) is 9.97. The third-order valence-corrected chi connectivity index (χ3v) is 6.90. The summed E-state index contributed by atoms with van der Waals surface area (Å²) in [7, 11) is 0. The third kappa shape index (κ3) is 6.27. The standard InChI is InChI=1S/C30H26O15/c31-14-4-1-12(7-16(14)33)2-6-23(36)42-11-22-26(38)28(40)29(41)30(45-22)44-21-10-20-24(27(39)25(21)37)18(35)9-19(43-20)13-3-5-15(32)17(34)8-13/h1-10,22,26,28-34,37-41H,11H2/b6-2+/t22-,26-,28+,29-,30-/m1/s1. The zero-order valence-electron chi connectivity index (χ0n) is 22.8. The average Bonchev–Trinajstić information content (AvgIpc) is 3.00. The average molecular weight is 627 g/mol. The van der Waals surface area contributed by atoms with Crippen molar-refractivity contribution in [3.8, 4) is 51.6 Å². The number of hydrogen-bond acceptors (Lipinski definition) is 15. The van der Waals surface area contributed by atoms with Crippen LogP contribution in [0.4, 0.5) is 0 Å². The van der Waals surface area contributed by atoms with E-state index in [1.165, 1.54) is 30.3 Å². The monoisotopic (exact) mass is 626 g/mol. The lowest BCUT2D eigenvalue weighted by Crippen LogP contribution is -2.60. The molecule has 5 rings (SSSR count). The maximum Gasteiger partial charge on any atom is 0.330 e. The van der Waals surface area contributed by atoms with Crippen molar-refractivity contribution in [2.24, 2.45) is 0 Å². The summed E-state index contributed by atoms with van der Waals surface area (Å²) >= 11 is 0. The minimum absolute atomic E-state index is 0.0931. The van der Waals surface area contributed by atoms with Gasteiger partial charge in [-0.05, 0) is 42.0 Å². The van der Waals surface area contributed by atoms with Crippen molar-refractivity contribution in [1.82, 2.24) is 0 Å². The highest BCUT2D eigenvalue weighted by molar-refractivity contribution is 5.89. The summed E-state index contributed by atoms with van der Waals surface area (Å²) in [5.74, 6) is -5.15. The number of ether oxygens (including phenoxy) is 3. The number of rotatable bonds is 7. The first-order chi connectivity index (χ1) is 21.3. The number of phenolic OH excluding ortho intramolecular Hbond substituents is 6. The normalized spacial score (nSPS) is 21.6. The van der Waals surface area contributed by atoms with Crippen LogP contribution in [0.15, 0.2) is 63.8 Å². The van der Waals surface area contributed by atoms with E-state index >= 15 is 0 Å². The Kier molecular flexibility index (Phi) is 8.43. The fraction of sp³-hybridized carbons (Fsp3) is 0.200. The molecule has 1 aliphatic heterocycles. The van der Waals surface area contributed by atoms with Crippen LogP contribution in [0.3, 0.4) is 0 Å². The smallest absolute Gasteiger partial charge is 0.330 e. The molecule has 5 atom stereocenters. The van der Waals surface area contributed by atoms with Gasteiger partial charge in [0.2, 0.25) is 12.0 Å². The molecule has 4 aromatic rings. The second-order valence-corrected chi connectivity index (χ2v) is 9.97. The van der Waals surface area contributed by atoms with Gasteiger partial charge >= 0.3 is 5.97 Å². The molecule has 0 radical (unpaired) electrons. The van der Waals surface area contributed by atoms with Gasteiger partial charge in [-0.3, -0.25) is 4.79 Å². The number of carbonyl (C=O) groups excluding carboxylic acids is 1. The van der Waals surface area contributed by atoms with Crippen molar-refractivity contribution in [1.29, 1.82) is 0 Å². The van der Waals surface area contributed by atoms with E-state index in [2.05, 4.69) is 0 Å². The van der Waals surface area contributed by atoms with Crippen LogP contribution >= 0.6 is 0 Å². The molecular weight excluding hydrogens is 600 g/mol. The summed E-state index contributed by atoms with van der Waals surface area (Å²) in [5, 5.41) is 90.3. The van der Waals surface area contributed by atoms with Crippen molar-refractivity contribution in [3.05, 3.63) is 70.4 Å². The highest BCUT2D eigenvalue weighted by Gasteiger charge is 2.46. The molecule has 2 heterocycles. The number of fused-ring (bicyclic) bond motifs is 1. The van der Waals surface area contributed by atoms with Crippen molar-refractivity contribution >= 4 is 23.0 Å². The first-order valence-corrected chi connectivity index (χ1v) is 13.1. The highest BCUT2D eigenvalue weighted by Crippen LogP contribution is 2.43. The molecule has 0 bridgehead atoms. The molecule has 0 unspecified atom stereocenters. The fourth-order valence-electron chi connectivity index (χ4n) is 4.48. The Hall–Kier alpha value is -5.48. The Labute approximate surface area is 251 Å². The molecule has 15 nitrogen and oxygen atoms in total. The summed E-state index contributed by atoms with van der Waals surface area (Å²) in [6, 6.07) is 9.41. The SMILES string of the molecule is O=C(/C=C/c1ccc(O)c(O)c1)OC[C@H]1O[C@@H](Oc2cc3oc(-c4ccc(O)c(O)c4)cc(=O)c3c(O)c2O)[C@H](O)[C@@H](O)[C@@H]1O. The Balaban J connectivity index is 1.35. The van der Waals surface area contributed by atoms with Gasteiger partial charge in [-0.2, -0.15) is 0 Å². The zero-order chi connectivity index (χ0) is 32.6. The molecule has 9 N–H and O–H groups in total. The van der Waals surface area contributed by atoms with Crippen LogP contribution in [0, 0.1) is 0 Å². The minimum atomic E-state index is -1.91. The molecule has 1 aromatic heterocycles. The van der Waals surface area contributed by atoms with Gasteiger partial charge in [0.05, 0.1) is 0 Å². The molecule has 1 saturated heterocycles. The molecule has 1 aliphatic rings. The molecule has 0 saturated carbocycles. The quantitative estimate of drug-likeness (QED) is 0.0791. The van der Waals surface area contributed by atoms with E-state index in [4.69, 9.17) is 18.6 Å². The molecular formula is C30H26O15. The first kappa shape index (κ1) is 31.0. The molecule has 1 fully saturated rings.